The molecule has 1 N–H and O–H groups in total. The van der Waals surface area contributed by atoms with Gasteiger partial charge in [-0.05, 0) is 53.9 Å². The summed E-state index contributed by atoms with van der Waals surface area (Å²) in [7, 11) is 0. The van der Waals surface area contributed by atoms with E-state index in [2.05, 4.69) is 21.2 Å². The van der Waals surface area contributed by atoms with Crippen LogP contribution in [0.15, 0.2) is 22.7 Å². The van der Waals surface area contributed by atoms with Gasteiger partial charge in [0, 0.05) is 13.0 Å². The smallest absolute Gasteiger partial charge is 0.305 e. The molecule has 0 saturated carbocycles. The molecule has 0 saturated heterocycles. The number of amides is 1. The first-order valence-corrected chi connectivity index (χ1v) is 7.63. The van der Waals surface area contributed by atoms with Crippen molar-refractivity contribution in [1.82, 2.24) is 5.32 Å². The van der Waals surface area contributed by atoms with Crippen LogP contribution in [-0.2, 0) is 14.3 Å². The van der Waals surface area contributed by atoms with Gasteiger partial charge in [0.25, 0.3) is 5.91 Å². The van der Waals surface area contributed by atoms with Gasteiger partial charge in [0.15, 0.2) is 6.61 Å². The highest BCUT2D eigenvalue weighted by Gasteiger charge is 2.06. The molecule has 0 aromatic heterocycles. The SMILES string of the molecule is CCOC(=O)CCCNC(=O)COc1ccc(C)cc1Br. The van der Waals surface area contributed by atoms with Crippen molar-refractivity contribution in [3.05, 3.63) is 28.2 Å². The third-order valence-corrected chi connectivity index (χ3v) is 3.25. The standard InChI is InChI=1S/C15H20BrNO4/c1-3-20-15(19)5-4-8-17-14(18)10-21-13-7-6-11(2)9-12(13)16/h6-7,9H,3-5,8,10H2,1-2H3,(H,17,18). The maximum Gasteiger partial charge on any atom is 0.305 e. The van der Waals surface area contributed by atoms with Crippen LogP contribution in [0.25, 0.3) is 0 Å². The lowest BCUT2D eigenvalue weighted by Crippen LogP contribution is -2.30. The number of esters is 1. The molecular formula is C15H20BrNO4. The fourth-order valence-electron chi connectivity index (χ4n) is 1.61. The quantitative estimate of drug-likeness (QED) is 0.573. The Balaban J connectivity index is 2.21. The lowest BCUT2D eigenvalue weighted by Gasteiger charge is -2.09. The maximum absolute atomic E-state index is 11.6. The van der Waals surface area contributed by atoms with Crippen LogP contribution in [-0.4, -0.2) is 31.6 Å². The summed E-state index contributed by atoms with van der Waals surface area (Å²) >= 11 is 3.38. The van der Waals surface area contributed by atoms with E-state index in [4.69, 9.17) is 9.47 Å². The van der Waals surface area contributed by atoms with E-state index in [0.29, 0.717) is 31.7 Å². The van der Waals surface area contributed by atoms with Gasteiger partial charge in [-0.25, -0.2) is 0 Å². The monoisotopic (exact) mass is 357 g/mol. The number of aryl methyl sites for hydroxylation is 1. The van der Waals surface area contributed by atoms with Crippen LogP contribution in [0, 0.1) is 6.92 Å². The van der Waals surface area contributed by atoms with Crippen LogP contribution in [0.3, 0.4) is 0 Å². The molecule has 0 spiro atoms. The highest BCUT2D eigenvalue weighted by atomic mass is 79.9. The molecule has 1 aromatic carbocycles. The summed E-state index contributed by atoms with van der Waals surface area (Å²) in [6, 6.07) is 5.65. The summed E-state index contributed by atoms with van der Waals surface area (Å²) in [5.41, 5.74) is 1.11. The summed E-state index contributed by atoms with van der Waals surface area (Å²) in [6.45, 7) is 4.49. The predicted octanol–water partition coefficient (Wildman–Crippen LogP) is 2.60. The molecule has 21 heavy (non-hydrogen) atoms. The minimum Gasteiger partial charge on any atom is -0.483 e. The zero-order valence-electron chi connectivity index (χ0n) is 12.3. The van der Waals surface area contributed by atoms with Crippen LogP contribution >= 0.6 is 15.9 Å². The number of hydrogen-bond acceptors (Lipinski definition) is 4. The Morgan fingerprint density at radius 3 is 2.76 bits per heavy atom. The first-order valence-electron chi connectivity index (χ1n) is 6.84. The van der Waals surface area contributed by atoms with Crippen molar-refractivity contribution in [3.8, 4) is 5.75 Å². The van der Waals surface area contributed by atoms with Crippen molar-refractivity contribution in [3.63, 3.8) is 0 Å². The first kappa shape index (κ1) is 17.5. The molecule has 0 aliphatic carbocycles. The van der Waals surface area contributed by atoms with Gasteiger partial charge in [0.1, 0.15) is 5.75 Å². The molecule has 5 nitrogen and oxygen atoms in total. The molecule has 0 aliphatic rings. The Morgan fingerprint density at radius 2 is 2.10 bits per heavy atom. The predicted molar refractivity (Wildman–Crippen MR) is 83.3 cm³/mol. The van der Waals surface area contributed by atoms with Crippen LogP contribution < -0.4 is 10.1 Å². The van der Waals surface area contributed by atoms with E-state index in [9.17, 15) is 9.59 Å². The molecule has 1 amide bonds. The molecule has 0 fully saturated rings. The summed E-state index contributed by atoms with van der Waals surface area (Å²) in [5.74, 6) is 0.167. The van der Waals surface area contributed by atoms with Gasteiger partial charge < -0.3 is 14.8 Å². The lowest BCUT2D eigenvalue weighted by atomic mass is 10.2. The Morgan fingerprint density at radius 1 is 1.33 bits per heavy atom. The van der Waals surface area contributed by atoms with Gasteiger partial charge in [-0.3, -0.25) is 9.59 Å². The lowest BCUT2D eigenvalue weighted by molar-refractivity contribution is -0.143. The number of ether oxygens (including phenoxy) is 2. The van der Waals surface area contributed by atoms with E-state index >= 15 is 0 Å². The molecule has 6 heteroatoms. The summed E-state index contributed by atoms with van der Waals surface area (Å²) < 4.78 is 11.0. The molecule has 0 radical (unpaired) electrons. The second-order valence-corrected chi connectivity index (χ2v) is 5.34. The topological polar surface area (TPSA) is 64.6 Å². The van der Waals surface area contributed by atoms with Gasteiger partial charge in [-0.15, -0.1) is 0 Å². The van der Waals surface area contributed by atoms with Gasteiger partial charge >= 0.3 is 5.97 Å². The summed E-state index contributed by atoms with van der Waals surface area (Å²) in [5, 5.41) is 2.69. The van der Waals surface area contributed by atoms with Crippen molar-refractivity contribution in [2.75, 3.05) is 19.8 Å². The second kappa shape index (κ2) is 9.39. The van der Waals surface area contributed by atoms with Crippen molar-refractivity contribution >= 4 is 27.8 Å². The van der Waals surface area contributed by atoms with Crippen LogP contribution in [0.1, 0.15) is 25.3 Å². The van der Waals surface area contributed by atoms with Crippen molar-refractivity contribution in [1.29, 1.82) is 0 Å². The molecule has 0 bridgehead atoms. The average molecular weight is 358 g/mol. The third-order valence-electron chi connectivity index (χ3n) is 2.63. The van der Waals surface area contributed by atoms with Gasteiger partial charge in [0.2, 0.25) is 0 Å². The van der Waals surface area contributed by atoms with Crippen LogP contribution in [0.2, 0.25) is 0 Å². The fourth-order valence-corrected chi connectivity index (χ4v) is 2.22. The van der Waals surface area contributed by atoms with Gasteiger partial charge in [-0.1, -0.05) is 6.07 Å². The molecule has 0 atom stereocenters. The van der Waals surface area contributed by atoms with Crippen LogP contribution in [0.4, 0.5) is 0 Å². The van der Waals surface area contributed by atoms with Crippen molar-refractivity contribution in [2.45, 2.75) is 26.7 Å². The molecule has 116 valence electrons. The highest BCUT2D eigenvalue weighted by Crippen LogP contribution is 2.25. The zero-order valence-corrected chi connectivity index (χ0v) is 13.9. The number of nitrogens with one attached hydrogen (secondary N) is 1. The number of hydrogen-bond donors (Lipinski definition) is 1. The zero-order chi connectivity index (χ0) is 15.7. The molecular weight excluding hydrogens is 338 g/mol. The number of carbonyl (C=O) groups excluding carboxylic acids is 2. The largest absolute Gasteiger partial charge is 0.483 e. The Bertz CT molecular complexity index is 491. The minimum absolute atomic E-state index is 0.0545. The van der Waals surface area contributed by atoms with E-state index < -0.39 is 0 Å². The van der Waals surface area contributed by atoms with E-state index in [-0.39, 0.29) is 18.5 Å². The molecule has 1 rings (SSSR count). The third kappa shape index (κ3) is 7.13. The maximum atomic E-state index is 11.6. The number of rotatable bonds is 8. The highest BCUT2D eigenvalue weighted by molar-refractivity contribution is 9.10. The molecule has 0 heterocycles. The van der Waals surface area contributed by atoms with Crippen LogP contribution in [0.5, 0.6) is 5.75 Å². The number of halogens is 1. The second-order valence-electron chi connectivity index (χ2n) is 4.48. The first-order chi connectivity index (χ1) is 10.0. The number of benzene rings is 1. The normalized spacial score (nSPS) is 10.0. The van der Waals surface area contributed by atoms with E-state index in [1.165, 1.54) is 0 Å². The average Bonchev–Trinajstić information content (AvgIpc) is 2.43. The summed E-state index contributed by atoms with van der Waals surface area (Å²) in [6.07, 6.45) is 0.858. The van der Waals surface area contributed by atoms with E-state index in [1.807, 2.05) is 25.1 Å². The number of carbonyl (C=O) groups is 2. The van der Waals surface area contributed by atoms with Crippen molar-refractivity contribution in [2.24, 2.45) is 0 Å². The fraction of sp³-hybridized carbons (Fsp3) is 0.467. The van der Waals surface area contributed by atoms with E-state index in [0.717, 1.165) is 10.0 Å². The molecule has 0 unspecified atom stereocenters. The van der Waals surface area contributed by atoms with Gasteiger partial charge in [-0.2, -0.15) is 0 Å². The van der Waals surface area contributed by atoms with E-state index in [1.54, 1.807) is 6.92 Å². The minimum atomic E-state index is -0.244. The Hall–Kier alpha value is -1.56. The van der Waals surface area contributed by atoms with Gasteiger partial charge in [0.05, 0.1) is 11.1 Å². The molecule has 0 aliphatic heterocycles. The Kier molecular flexibility index (Phi) is 7.82. The Labute approximate surface area is 133 Å². The molecule has 1 aromatic rings. The van der Waals surface area contributed by atoms with Crippen molar-refractivity contribution < 1.29 is 19.1 Å². The summed E-state index contributed by atoms with van der Waals surface area (Å²) in [4.78, 5) is 22.7.